The first kappa shape index (κ1) is 21.3. The summed E-state index contributed by atoms with van der Waals surface area (Å²) < 4.78 is 16.5. The van der Waals surface area contributed by atoms with Crippen LogP contribution < -0.4 is 24.0 Å². The summed E-state index contributed by atoms with van der Waals surface area (Å²) in [6.07, 6.45) is 0.171. The lowest BCUT2D eigenvalue weighted by molar-refractivity contribution is -0.124. The number of hydrogen-bond acceptors (Lipinski definition) is 6. The minimum Gasteiger partial charge on any atom is -0.497 e. The summed E-state index contributed by atoms with van der Waals surface area (Å²) in [5, 5.41) is 1.99. The Morgan fingerprint density at radius 2 is 1.91 bits per heavy atom. The van der Waals surface area contributed by atoms with Crippen LogP contribution in [0.15, 0.2) is 60.0 Å². The van der Waals surface area contributed by atoms with Gasteiger partial charge < -0.3 is 24.0 Å². The van der Waals surface area contributed by atoms with Crippen molar-refractivity contribution < 1.29 is 23.8 Å². The highest BCUT2D eigenvalue weighted by Gasteiger charge is 2.38. The second-order valence-electron chi connectivity index (χ2n) is 7.94. The zero-order chi connectivity index (χ0) is 22.8. The maximum atomic E-state index is 13.7. The van der Waals surface area contributed by atoms with Crippen LogP contribution in [0, 0.1) is 5.92 Å². The Kier molecular flexibility index (Phi) is 5.92. The third-order valence-electron chi connectivity index (χ3n) is 5.86. The summed E-state index contributed by atoms with van der Waals surface area (Å²) >= 11 is 1.60. The van der Waals surface area contributed by atoms with Crippen molar-refractivity contribution in [3.63, 3.8) is 0 Å². The number of ether oxygens (including phenoxy) is 3. The highest BCUT2D eigenvalue weighted by atomic mass is 32.1. The Morgan fingerprint density at radius 1 is 1.12 bits per heavy atom. The zero-order valence-electron chi connectivity index (χ0n) is 18.2. The Hall–Kier alpha value is -3.52. The number of carbonyl (C=O) groups is 2. The van der Waals surface area contributed by atoms with E-state index >= 15 is 0 Å². The quantitative estimate of drug-likeness (QED) is 0.549. The fraction of sp³-hybridized carbons (Fsp3) is 0.280. The summed E-state index contributed by atoms with van der Waals surface area (Å²) in [5.41, 5.74) is 1.49. The van der Waals surface area contributed by atoms with Crippen molar-refractivity contribution in [1.29, 1.82) is 0 Å². The van der Waals surface area contributed by atoms with Gasteiger partial charge in [-0.3, -0.25) is 9.59 Å². The highest BCUT2D eigenvalue weighted by molar-refractivity contribution is 7.09. The van der Waals surface area contributed by atoms with E-state index in [0.717, 1.165) is 16.3 Å². The Labute approximate surface area is 196 Å². The molecule has 1 unspecified atom stereocenters. The number of methoxy groups -OCH3 is 1. The van der Waals surface area contributed by atoms with Crippen LogP contribution in [0.3, 0.4) is 0 Å². The second kappa shape index (κ2) is 9.15. The van der Waals surface area contributed by atoms with E-state index < -0.39 is 5.92 Å². The smallest absolute Gasteiger partial charge is 0.232 e. The van der Waals surface area contributed by atoms with Crippen molar-refractivity contribution in [3.8, 4) is 17.2 Å². The lowest BCUT2D eigenvalue weighted by Gasteiger charge is -2.26. The molecule has 1 saturated heterocycles. The van der Waals surface area contributed by atoms with Crippen LogP contribution in [-0.2, 0) is 16.1 Å². The standard InChI is InChI=1S/C25H24N2O5S/c1-30-20-7-4-18(5-8-20)27(16-21-3-2-12-33-21)25(29)17-13-24(28)26(15-17)19-6-9-22-23(14-19)32-11-10-31-22/h2-9,12,14,17H,10-11,13,15-16H2,1H3. The molecule has 2 amide bonds. The van der Waals surface area contributed by atoms with Gasteiger partial charge in [-0.15, -0.1) is 11.3 Å². The number of hydrogen-bond donors (Lipinski definition) is 0. The minimum absolute atomic E-state index is 0.0676. The van der Waals surface area contributed by atoms with E-state index in [1.165, 1.54) is 0 Å². The second-order valence-corrected chi connectivity index (χ2v) is 8.97. The van der Waals surface area contributed by atoms with Gasteiger partial charge in [0.1, 0.15) is 19.0 Å². The molecule has 0 aliphatic carbocycles. The van der Waals surface area contributed by atoms with Crippen LogP contribution in [0.1, 0.15) is 11.3 Å². The molecular formula is C25H24N2O5S. The van der Waals surface area contributed by atoms with Crippen molar-refractivity contribution in [2.24, 2.45) is 5.92 Å². The fourth-order valence-corrected chi connectivity index (χ4v) is 4.85. The lowest BCUT2D eigenvalue weighted by Crippen LogP contribution is -2.37. The number of rotatable bonds is 6. The molecule has 2 aliphatic heterocycles. The highest BCUT2D eigenvalue weighted by Crippen LogP contribution is 2.36. The van der Waals surface area contributed by atoms with E-state index in [1.54, 1.807) is 28.2 Å². The number of nitrogens with zero attached hydrogens (tertiary/aromatic N) is 2. The molecule has 3 aromatic rings. The topological polar surface area (TPSA) is 68.3 Å². The maximum absolute atomic E-state index is 13.7. The van der Waals surface area contributed by atoms with Gasteiger partial charge in [-0.1, -0.05) is 6.07 Å². The van der Waals surface area contributed by atoms with Crippen molar-refractivity contribution in [3.05, 3.63) is 64.9 Å². The first-order valence-corrected chi connectivity index (χ1v) is 11.7. The van der Waals surface area contributed by atoms with E-state index in [2.05, 4.69) is 0 Å². The van der Waals surface area contributed by atoms with Crippen LogP contribution in [-0.4, -0.2) is 38.7 Å². The first-order chi connectivity index (χ1) is 16.1. The number of benzene rings is 2. The predicted octanol–water partition coefficient (Wildman–Crippen LogP) is 4.11. The molecule has 8 heteroatoms. The average molecular weight is 465 g/mol. The van der Waals surface area contributed by atoms with Gasteiger partial charge in [-0.05, 0) is 47.8 Å². The first-order valence-electron chi connectivity index (χ1n) is 10.8. The zero-order valence-corrected chi connectivity index (χ0v) is 19.0. The molecular weight excluding hydrogens is 440 g/mol. The molecule has 170 valence electrons. The van der Waals surface area contributed by atoms with E-state index in [9.17, 15) is 9.59 Å². The summed E-state index contributed by atoms with van der Waals surface area (Å²) in [7, 11) is 1.61. The SMILES string of the molecule is COc1ccc(N(Cc2cccs2)C(=O)C2CC(=O)N(c3ccc4c(c3)OCCO4)C2)cc1. The van der Waals surface area contributed by atoms with Crippen LogP contribution in [0.2, 0.25) is 0 Å². The van der Waals surface area contributed by atoms with Gasteiger partial charge in [0.25, 0.3) is 0 Å². The Morgan fingerprint density at radius 3 is 2.64 bits per heavy atom. The lowest BCUT2D eigenvalue weighted by atomic mass is 10.1. The van der Waals surface area contributed by atoms with Crippen LogP contribution in [0.25, 0.3) is 0 Å². The van der Waals surface area contributed by atoms with Gasteiger partial charge in [0.2, 0.25) is 11.8 Å². The van der Waals surface area contributed by atoms with Gasteiger partial charge in [0, 0.05) is 35.3 Å². The van der Waals surface area contributed by atoms with Crippen molar-refractivity contribution >= 4 is 34.5 Å². The third kappa shape index (κ3) is 4.39. The number of amides is 2. The summed E-state index contributed by atoms with van der Waals surface area (Å²) in [6, 6.07) is 16.9. The average Bonchev–Trinajstić information content (AvgIpc) is 3.51. The monoisotopic (exact) mass is 464 g/mol. The number of anilines is 2. The van der Waals surface area contributed by atoms with E-state index in [0.29, 0.717) is 43.5 Å². The van der Waals surface area contributed by atoms with E-state index in [4.69, 9.17) is 14.2 Å². The van der Waals surface area contributed by atoms with Crippen molar-refractivity contribution in [1.82, 2.24) is 0 Å². The maximum Gasteiger partial charge on any atom is 0.232 e. The molecule has 0 radical (unpaired) electrons. The molecule has 0 bridgehead atoms. The van der Waals surface area contributed by atoms with Gasteiger partial charge in [-0.2, -0.15) is 0 Å². The van der Waals surface area contributed by atoms with E-state index in [1.807, 2.05) is 60.0 Å². The molecule has 33 heavy (non-hydrogen) atoms. The third-order valence-corrected chi connectivity index (χ3v) is 6.72. The molecule has 3 heterocycles. The summed E-state index contributed by atoms with van der Waals surface area (Å²) in [4.78, 5) is 31.0. The summed E-state index contributed by atoms with van der Waals surface area (Å²) in [6.45, 7) is 1.77. The Balaban J connectivity index is 1.38. The molecule has 1 atom stereocenters. The molecule has 1 fully saturated rings. The molecule has 7 nitrogen and oxygen atoms in total. The predicted molar refractivity (Wildman–Crippen MR) is 126 cm³/mol. The molecule has 0 N–H and O–H groups in total. The number of carbonyl (C=O) groups excluding carboxylic acids is 2. The van der Waals surface area contributed by atoms with Gasteiger partial charge in [0.05, 0.1) is 19.6 Å². The van der Waals surface area contributed by atoms with Crippen LogP contribution >= 0.6 is 11.3 Å². The van der Waals surface area contributed by atoms with Crippen molar-refractivity contribution in [2.75, 3.05) is 36.7 Å². The summed E-state index contributed by atoms with van der Waals surface area (Å²) in [5.74, 6) is 1.44. The van der Waals surface area contributed by atoms with Crippen molar-refractivity contribution in [2.45, 2.75) is 13.0 Å². The molecule has 2 aromatic carbocycles. The van der Waals surface area contributed by atoms with E-state index in [-0.39, 0.29) is 18.2 Å². The molecule has 5 rings (SSSR count). The molecule has 0 spiro atoms. The van der Waals surface area contributed by atoms with Gasteiger partial charge >= 0.3 is 0 Å². The fourth-order valence-electron chi connectivity index (χ4n) is 4.16. The largest absolute Gasteiger partial charge is 0.497 e. The normalized spacial score (nSPS) is 17.2. The van der Waals surface area contributed by atoms with Crippen LogP contribution in [0.5, 0.6) is 17.2 Å². The Bertz CT molecular complexity index is 1150. The number of fused-ring (bicyclic) bond motifs is 1. The number of thiophene rings is 1. The molecule has 2 aliphatic rings. The van der Waals surface area contributed by atoms with Gasteiger partial charge in [0.15, 0.2) is 11.5 Å². The van der Waals surface area contributed by atoms with Crippen LogP contribution in [0.4, 0.5) is 11.4 Å². The van der Waals surface area contributed by atoms with Gasteiger partial charge in [-0.25, -0.2) is 0 Å². The molecule has 1 aromatic heterocycles. The minimum atomic E-state index is -0.437. The molecule has 0 saturated carbocycles.